The molecule has 1 saturated heterocycles. The number of methoxy groups -OCH3 is 1. The molecular weight excluding hydrogens is 371 g/mol. The predicted molar refractivity (Wildman–Crippen MR) is 101 cm³/mol. The van der Waals surface area contributed by atoms with E-state index in [4.69, 9.17) is 16.3 Å². The fraction of sp³-hybridized carbons (Fsp3) is 0.600. The number of hydrogen-bond donors (Lipinski definition) is 1. The number of rotatable bonds is 5. The number of nitrogens with zero attached hydrogens (tertiary/aromatic N) is 1. The van der Waals surface area contributed by atoms with Gasteiger partial charge in [0.15, 0.2) is 5.82 Å². The van der Waals surface area contributed by atoms with Crippen LogP contribution in [-0.2, 0) is 9.53 Å². The average Bonchev–Trinajstić information content (AvgIpc) is 3.04. The molecule has 1 unspecified atom stereocenters. The van der Waals surface area contributed by atoms with Gasteiger partial charge in [-0.25, -0.2) is 4.39 Å². The van der Waals surface area contributed by atoms with Crippen LogP contribution in [-0.4, -0.2) is 49.6 Å². The molecule has 2 fully saturated rings. The third kappa shape index (κ3) is 4.27. The third-order valence-electron chi connectivity index (χ3n) is 6.04. The summed E-state index contributed by atoms with van der Waals surface area (Å²) in [5, 5.41) is 2.99. The maximum Gasteiger partial charge on any atom is 0.254 e. The summed E-state index contributed by atoms with van der Waals surface area (Å²) in [6.45, 7) is 1.82. The molecule has 0 aromatic heterocycles. The Labute approximate surface area is 164 Å². The van der Waals surface area contributed by atoms with E-state index in [1.54, 1.807) is 13.2 Å². The molecule has 0 bridgehead atoms. The summed E-state index contributed by atoms with van der Waals surface area (Å²) >= 11 is 5.80. The number of carbonyl (C=O) groups is 2. The SMILES string of the molecule is COCCC(=O)N1CCC2(CCCC2NC(=O)c2cccc(Cl)c2F)CC1. The molecule has 1 aliphatic heterocycles. The van der Waals surface area contributed by atoms with Gasteiger partial charge < -0.3 is 15.0 Å². The van der Waals surface area contributed by atoms with Crippen molar-refractivity contribution in [2.24, 2.45) is 5.41 Å². The molecule has 1 atom stereocenters. The molecule has 2 aliphatic rings. The zero-order valence-corrected chi connectivity index (χ0v) is 16.4. The molecule has 3 rings (SSSR count). The van der Waals surface area contributed by atoms with E-state index >= 15 is 0 Å². The molecule has 7 heteroatoms. The zero-order valence-electron chi connectivity index (χ0n) is 15.6. The van der Waals surface area contributed by atoms with Crippen molar-refractivity contribution in [3.63, 3.8) is 0 Å². The number of ether oxygens (including phenoxy) is 1. The second-order valence-corrected chi connectivity index (χ2v) is 7.91. The van der Waals surface area contributed by atoms with Crippen LogP contribution in [0.5, 0.6) is 0 Å². The van der Waals surface area contributed by atoms with Gasteiger partial charge in [0.25, 0.3) is 5.91 Å². The first-order chi connectivity index (χ1) is 13.0. The second-order valence-electron chi connectivity index (χ2n) is 7.51. The first-order valence-corrected chi connectivity index (χ1v) is 9.86. The molecule has 1 aromatic rings. The van der Waals surface area contributed by atoms with E-state index in [0.717, 1.165) is 32.1 Å². The van der Waals surface area contributed by atoms with Crippen LogP contribution in [0.15, 0.2) is 18.2 Å². The van der Waals surface area contributed by atoms with Crippen LogP contribution >= 0.6 is 11.6 Å². The normalized spacial score (nSPS) is 21.4. The van der Waals surface area contributed by atoms with Gasteiger partial charge in [0.1, 0.15) is 0 Å². The van der Waals surface area contributed by atoms with Crippen LogP contribution in [0.4, 0.5) is 4.39 Å². The molecule has 5 nitrogen and oxygen atoms in total. The third-order valence-corrected chi connectivity index (χ3v) is 6.33. The lowest BCUT2D eigenvalue weighted by molar-refractivity contribution is -0.134. The van der Waals surface area contributed by atoms with Crippen molar-refractivity contribution in [2.75, 3.05) is 26.8 Å². The molecular formula is C20H26ClFN2O3. The lowest BCUT2D eigenvalue weighted by Gasteiger charge is -2.43. The fourth-order valence-electron chi connectivity index (χ4n) is 4.43. The summed E-state index contributed by atoms with van der Waals surface area (Å²) in [7, 11) is 1.59. The highest BCUT2D eigenvalue weighted by atomic mass is 35.5. The number of nitrogens with one attached hydrogen (secondary N) is 1. The van der Waals surface area contributed by atoms with Crippen LogP contribution in [0.2, 0.25) is 5.02 Å². The van der Waals surface area contributed by atoms with Gasteiger partial charge in [-0.1, -0.05) is 24.1 Å². The highest BCUT2D eigenvalue weighted by molar-refractivity contribution is 6.31. The van der Waals surface area contributed by atoms with Crippen LogP contribution in [0, 0.1) is 11.2 Å². The van der Waals surface area contributed by atoms with Gasteiger partial charge in [-0.15, -0.1) is 0 Å². The van der Waals surface area contributed by atoms with E-state index in [9.17, 15) is 14.0 Å². The molecule has 1 spiro atoms. The first kappa shape index (κ1) is 20.1. The smallest absolute Gasteiger partial charge is 0.254 e. The van der Waals surface area contributed by atoms with Gasteiger partial charge >= 0.3 is 0 Å². The predicted octanol–water partition coefficient (Wildman–Crippen LogP) is 3.41. The Balaban J connectivity index is 1.63. The van der Waals surface area contributed by atoms with Gasteiger partial charge in [-0.2, -0.15) is 0 Å². The minimum absolute atomic E-state index is 0.000362. The Morgan fingerprint density at radius 3 is 2.78 bits per heavy atom. The highest BCUT2D eigenvalue weighted by Crippen LogP contribution is 2.46. The van der Waals surface area contributed by atoms with E-state index < -0.39 is 11.7 Å². The second kappa shape index (κ2) is 8.57. The number of piperidine rings is 1. The van der Waals surface area contributed by atoms with Gasteiger partial charge in [0, 0.05) is 26.2 Å². The van der Waals surface area contributed by atoms with Gasteiger partial charge in [-0.3, -0.25) is 9.59 Å². The van der Waals surface area contributed by atoms with Crippen LogP contribution in [0.3, 0.4) is 0 Å². The minimum atomic E-state index is -0.678. The monoisotopic (exact) mass is 396 g/mol. The fourth-order valence-corrected chi connectivity index (χ4v) is 4.60. The summed E-state index contributed by atoms with van der Waals surface area (Å²) in [6, 6.07) is 4.46. The average molecular weight is 397 g/mol. The van der Waals surface area contributed by atoms with Gasteiger partial charge in [-0.05, 0) is 43.2 Å². The maximum absolute atomic E-state index is 14.2. The van der Waals surface area contributed by atoms with Crippen LogP contribution in [0.25, 0.3) is 0 Å². The van der Waals surface area contributed by atoms with Crippen molar-refractivity contribution in [1.29, 1.82) is 0 Å². The number of carbonyl (C=O) groups excluding carboxylic acids is 2. The van der Waals surface area contributed by atoms with E-state index in [2.05, 4.69) is 5.32 Å². The van der Waals surface area contributed by atoms with Gasteiger partial charge in [0.05, 0.1) is 23.6 Å². The van der Waals surface area contributed by atoms with Gasteiger partial charge in [0.2, 0.25) is 5.91 Å². The van der Waals surface area contributed by atoms with E-state index in [1.165, 1.54) is 12.1 Å². The number of amides is 2. The topological polar surface area (TPSA) is 58.6 Å². The van der Waals surface area contributed by atoms with Crippen LogP contribution < -0.4 is 5.32 Å². The molecule has 27 heavy (non-hydrogen) atoms. The number of halogens is 2. The zero-order chi connectivity index (χ0) is 19.4. The van der Waals surface area contributed by atoms with Crippen LogP contribution in [0.1, 0.15) is 48.9 Å². The largest absolute Gasteiger partial charge is 0.384 e. The summed E-state index contributed by atoms with van der Waals surface area (Å²) in [5.74, 6) is -0.978. The lowest BCUT2D eigenvalue weighted by Crippen LogP contribution is -2.51. The molecule has 148 valence electrons. The molecule has 1 N–H and O–H groups in total. The first-order valence-electron chi connectivity index (χ1n) is 9.48. The van der Waals surface area contributed by atoms with Crippen molar-refractivity contribution in [2.45, 2.75) is 44.6 Å². The van der Waals surface area contributed by atoms with E-state index in [-0.39, 0.29) is 28.0 Å². The van der Waals surface area contributed by atoms with Crippen molar-refractivity contribution >= 4 is 23.4 Å². The van der Waals surface area contributed by atoms with Crippen molar-refractivity contribution in [3.8, 4) is 0 Å². The summed E-state index contributed by atoms with van der Waals surface area (Å²) in [4.78, 5) is 26.7. The molecule has 2 amide bonds. The Morgan fingerprint density at radius 1 is 1.33 bits per heavy atom. The van der Waals surface area contributed by atoms with Crippen molar-refractivity contribution in [1.82, 2.24) is 10.2 Å². The number of likely N-dealkylation sites (tertiary alicyclic amines) is 1. The number of hydrogen-bond acceptors (Lipinski definition) is 3. The number of benzene rings is 1. The van der Waals surface area contributed by atoms with Crippen molar-refractivity contribution < 1.29 is 18.7 Å². The summed E-state index contributed by atoms with van der Waals surface area (Å²) in [6.07, 6.45) is 5.04. The Morgan fingerprint density at radius 2 is 2.07 bits per heavy atom. The standard InChI is InChI=1S/C20H26ClFN2O3/c1-27-13-7-17(25)24-11-9-20(10-12-24)8-3-6-16(20)23-19(26)14-4-2-5-15(21)18(14)22/h2,4-5,16H,3,6-13H2,1H3,(H,23,26). The Bertz CT molecular complexity index is 704. The molecule has 1 aliphatic carbocycles. The highest BCUT2D eigenvalue weighted by Gasteiger charge is 2.46. The van der Waals surface area contributed by atoms with E-state index in [1.807, 2.05) is 4.90 Å². The summed E-state index contributed by atoms with van der Waals surface area (Å²) in [5.41, 5.74) is -0.0281. The van der Waals surface area contributed by atoms with E-state index in [0.29, 0.717) is 26.1 Å². The Kier molecular flexibility index (Phi) is 6.37. The quantitative estimate of drug-likeness (QED) is 0.829. The maximum atomic E-state index is 14.2. The molecule has 0 radical (unpaired) electrons. The minimum Gasteiger partial charge on any atom is -0.384 e. The summed E-state index contributed by atoms with van der Waals surface area (Å²) < 4.78 is 19.1. The molecule has 1 heterocycles. The molecule has 1 aromatic carbocycles. The Hall–Kier alpha value is -1.66. The lowest BCUT2D eigenvalue weighted by atomic mass is 9.74. The van der Waals surface area contributed by atoms with Crippen molar-refractivity contribution in [3.05, 3.63) is 34.6 Å². The molecule has 1 saturated carbocycles.